The second-order valence-corrected chi connectivity index (χ2v) is 6.04. The summed E-state index contributed by atoms with van der Waals surface area (Å²) in [5.74, 6) is 1.92. The largest absolute Gasteiger partial charge is 0.356 e. The van der Waals surface area contributed by atoms with Crippen LogP contribution in [0.2, 0.25) is 0 Å². The van der Waals surface area contributed by atoms with Gasteiger partial charge in [0.2, 0.25) is 0 Å². The van der Waals surface area contributed by atoms with Crippen molar-refractivity contribution in [2.24, 2.45) is 11.7 Å². The Labute approximate surface area is 120 Å². The van der Waals surface area contributed by atoms with E-state index in [0.29, 0.717) is 6.54 Å². The second kappa shape index (κ2) is 5.41. The Kier molecular flexibility index (Phi) is 3.62. The zero-order valence-electron chi connectivity index (χ0n) is 12.4. The summed E-state index contributed by atoms with van der Waals surface area (Å²) in [6.45, 7) is 7.19. The van der Waals surface area contributed by atoms with Gasteiger partial charge in [0.25, 0.3) is 0 Å². The molecule has 106 valence electrons. The average Bonchev–Trinajstić information content (AvgIpc) is 2.46. The maximum atomic E-state index is 5.95. The predicted octanol–water partition coefficient (Wildman–Crippen LogP) is 3.24. The standard InChI is InChI=1S/C17H23N3/c1-12-5-7-20(8-6-12)17-15(11-18)10-14-9-13(2)3-4-16(14)19-17/h3-4,9-10,12H,5-8,11,18H2,1-2H3. The van der Waals surface area contributed by atoms with E-state index in [4.69, 9.17) is 10.7 Å². The number of aryl methyl sites for hydroxylation is 1. The van der Waals surface area contributed by atoms with E-state index >= 15 is 0 Å². The van der Waals surface area contributed by atoms with Crippen LogP contribution in [0.3, 0.4) is 0 Å². The number of piperidine rings is 1. The van der Waals surface area contributed by atoms with Crippen molar-refractivity contribution >= 4 is 16.7 Å². The highest BCUT2D eigenvalue weighted by Gasteiger charge is 2.19. The number of pyridine rings is 1. The molecule has 1 saturated heterocycles. The molecule has 0 atom stereocenters. The molecule has 20 heavy (non-hydrogen) atoms. The van der Waals surface area contributed by atoms with Gasteiger partial charge >= 0.3 is 0 Å². The zero-order chi connectivity index (χ0) is 14.1. The minimum atomic E-state index is 0.554. The third-order valence-corrected chi connectivity index (χ3v) is 4.33. The second-order valence-electron chi connectivity index (χ2n) is 6.04. The van der Waals surface area contributed by atoms with Crippen LogP contribution in [0.15, 0.2) is 24.3 Å². The highest BCUT2D eigenvalue weighted by Crippen LogP contribution is 2.27. The van der Waals surface area contributed by atoms with E-state index in [0.717, 1.165) is 35.9 Å². The number of rotatable bonds is 2. The molecular formula is C17H23N3. The number of fused-ring (bicyclic) bond motifs is 1. The van der Waals surface area contributed by atoms with E-state index in [1.54, 1.807) is 0 Å². The van der Waals surface area contributed by atoms with Crippen LogP contribution in [0.25, 0.3) is 10.9 Å². The van der Waals surface area contributed by atoms with Crippen LogP contribution >= 0.6 is 0 Å². The van der Waals surface area contributed by atoms with E-state index in [-0.39, 0.29) is 0 Å². The van der Waals surface area contributed by atoms with Crippen LogP contribution in [0.1, 0.15) is 30.9 Å². The predicted molar refractivity (Wildman–Crippen MR) is 85.0 cm³/mol. The van der Waals surface area contributed by atoms with Crippen LogP contribution in [0.5, 0.6) is 0 Å². The van der Waals surface area contributed by atoms with Gasteiger partial charge in [0.1, 0.15) is 5.82 Å². The SMILES string of the molecule is Cc1ccc2nc(N3CCC(C)CC3)c(CN)cc2c1. The first kappa shape index (κ1) is 13.4. The number of benzene rings is 1. The minimum Gasteiger partial charge on any atom is -0.356 e. The van der Waals surface area contributed by atoms with E-state index in [2.05, 4.69) is 43.0 Å². The Morgan fingerprint density at radius 1 is 1.25 bits per heavy atom. The lowest BCUT2D eigenvalue weighted by Crippen LogP contribution is -2.34. The highest BCUT2D eigenvalue weighted by molar-refractivity contribution is 5.82. The van der Waals surface area contributed by atoms with Crippen molar-refractivity contribution in [2.45, 2.75) is 33.2 Å². The van der Waals surface area contributed by atoms with Gasteiger partial charge in [-0.25, -0.2) is 4.98 Å². The Morgan fingerprint density at radius 2 is 2.00 bits per heavy atom. The van der Waals surface area contributed by atoms with Gasteiger partial charge in [0, 0.05) is 30.6 Å². The van der Waals surface area contributed by atoms with Crippen molar-refractivity contribution in [2.75, 3.05) is 18.0 Å². The molecular weight excluding hydrogens is 246 g/mol. The van der Waals surface area contributed by atoms with Gasteiger partial charge in [-0.05, 0) is 43.9 Å². The van der Waals surface area contributed by atoms with Crippen LogP contribution < -0.4 is 10.6 Å². The zero-order valence-corrected chi connectivity index (χ0v) is 12.4. The summed E-state index contributed by atoms with van der Waals surface area (Å²) in [6.07, 6.45) is 2.50. The maximum absolute atomic E-state index is 5.95. The van der Waals surface area contributed by atoms with Crippen molar-refractivity contribution in [1.82, 2.24) is 4.98 Å². The molecule has 0 amide bonds. The van der Waals surface area contributed by atoms with Crippen LogP contribution in [0, 0.1) is 12.8 Å². The summed E-state index contributed by atoms with van der Waals surface area (Å²) in [6, 6.07) is 8.63. The molecule has 0 unspecified atom stereocenters. The maximum Gasteiger partial charge on any atom is 0.133 e. The first-order valence-electron chi connectivity index (χ1n) is 7.52. The average molecular weight is 269 g/mol. The summed E-state index contributed by atoms with van der Waals surface area (Å²) < 4.78 is 0. The van der Waals surface area contributed by atoms with Gasteiger partial charge in [-0.15, -0.1) is 0 Å². The number of nitrogens with two attached hydrogens (primary N) is 1. The van der Waals surface area contributed by atoms with Crippen molar-refractivity contribution in [3.8, 4) is 0 Å². The van der Waals surface area contributed by atoms with Crippen LogP contribution in [-0.4, -0.2) is 18.1 Å². The monoisotopic (exact) mass is 269 g/mol. The van der Waals surface area contributed by atoms with Gasteiger partial charge in [-0.2, -0.15) is 0 Å². The Bertz CT molecular complexity index is 613. The quantitative estimate of drug-likeness (QED) is 0.910. The first-order chi connectivity index (χ1) is 9.67. The highest BCUT2D eigenvalue weighted by atomic mass is 15.2. The molecule has 3 heteroatoms. The lowest BCUT2D eigenvalue weighted by atomic mass is 9.98. The third kappa shape index (κ3) is 2.50. The van der Waals surface area contributed by atoms with Crippen LogP contribution in [0.4, 0.5) is 5.82 Å². The Morgan fingerprint density at radius 3 is 2.70 bits per heavy atom. The molecule has 0 saturated carbocycles. The molecule has 1 fully saturated rings. The number of hydrogen-bond donors (Lipinski definition) is 1. The van der Waals surface area contributed by atoms with Gasteiger partial charge in [-0.3, -0.25) is 0 Å². The van der Waals surface area contributed by atoms with Gasteiger partial charge in [-0.1, -0.05) is 18.6 Å². The van der Waals surface area contributed by atoms with E-state index < -0.39 is 0 Å². The molecule has 0 radical (unpaired) electrons. The molecule has 0 spiro atoms. The van der Waals surface area contributed by atoms with Crippen molar-refractivity contribution < 1.29 is 0 Å². The third-order valence-electron chi connectivity index (χ3n) is 4.33. The van der Waals surface area contributed by atoms with Gasteiger partial charge < -0.3 is 10.6 Å². The van der Waals surface area contributed by atoms with Crippen molar-refractivity contribution in [1.29, 1.82) is 0 Å². The molecule has 1 aromatic carbocycles. The molecule has 2 heterocycles. The van der Waals surface area contributed by atoms with Crippen molar-refractivity contribution in [3.63, 3.8) is 0 Å². The number of hydrogen-bond acceptors (Lipinski definition) is 3. The number of nitrogens with zero attached hydrogens (tertiary/aromatic N) is 2. The summed E-state index contributed by atoms with van der Waals surface area (Å²) in [4.78, 5) is 7.29. The first-order valence-corrected chi connectivity index (χ1v) is 7.52. The fraction of sp³-hybridized carbons (Fsp3) is 0.471. The molecule has 3 nitrogen and oxygen atoms in total. The number of anilines is 1. The van der Waals surface area contributed by atoms with Crippen LogP contribution in [-0.2, 0) is 6.54 Å². The Hall–Kier alpha value is -1.61. The molecule has 1 aliphatic rings. The van der Waals surface area contributed by atoms with Gasteiger partial charge in [0.15, 0.2) is 0 Å². The molecule has 2 N–H and O–H groups in total. The number of aromatic nitrogens is 1. The molecule has 3 rings (SSSR count). The summed E-state index contributed by atoms with van der Waals surface area (Å²) in [7, 11) is 0. The smallest absolute Gasteiger partial charge is 0.133 e. The van der Waals surface area contributed by atoms with E-state index in [1.807, 2.05) is 0 Å². The summed E-state index contributed by atoms with van der Waals surface area (Å²) in [5, 5.41) is 1.19. The molecule has 0 bridgehead atoms. The fourth-order valence-corrected chi connectivity index (χ4v) is 2.97. The fourth-order valence-electron chi connectivity index (χ4n) is 2.97. The Balaban J connectivity index is 2.03. The topological polar surface area (TPSA) is 42.2 Å². The van der Waals surface area contributed by atoms with Gasteiger partial charge in [0.05, 0.1) is 5.52 Å². The van der Waals surface area contributed by atoms with Crippen molar-refractivity contribution in [3.05, 3.63) is 35.4 Å². The lowest BCUT2D eigenvalue weighted by molar-refractivity contribution is 0.436. The molecule has 1 aromatic heterocycles. The van der Waals surface area contributed by atoms with E-state index in [9.17, 15) is 0 Å². The molecule has 2 aromatic rings. The lowest BCUT2D eigenvalue weighted by Gasteiger charge is -2.32. The normalized spacial score (nSPS) is 16.9. The molecule has 1 aliphatic heterocycles. The minimum absolute atomic E-state index is 0.554. The molecule has 0 aliphatic carbocycles. The summed E-state index contributed by atoms with van der Waals surface area (Å²) in [5.41, 5.74) is 9.45. The summed E-state index contributed by atoms with van der Waals surface area (Å²) >= 11 is 0. The van der Waals surface area contributed by atoms with E-state index in [1.165, 1.54) is 23.8 Å².